The Hall–Kier alpha value is -1.05. The van der Waals surface area contributed by atoms with Crippen LogP contribution in [0.2, 0.25) is 0 Å². The molecule has 1 N–H and O–H groups in total. The summed E-state index contributed by atoms with van der Waals surface area (Å²) < 4.78 is 11.8. The van der Waals surface area contributed by atoms with Crippen LogP contribution in [0.3, 0.4) is 0 Å². The number of likely N-dealkylation sites (tertiary alicyclic amines) is 1. The van der Waals surface area contributed by atoms with Crippen LogP contribution in [0.25, 0.3) is 0 Å². The number of nitrogens with zero attached hydrogens (tertiary/aromatic N) is 2. The molecule has 0 aromatic carbocycles. The van der Waals surface area contributed by atoms with E-state index in [-0.39, 0.29) is 10.7 Å². The van der Waals surface area contributed by atoms with Crippen LogP contribution in [-0.2, 0) is 9.47 Å². The Labute approximate surface area is 146 Å². The largest absolute Gasteiger partial charge is 0.381 e. The summed E-state index contributed by atoms with van der Waals surface area (Å²) in [6.07, 6.45) is 5.22. The maximum atomic E-state index is 12.5. The molecule has 3 saturated heterocycles. The number of hydrogen-bond donors (Lipinski definition) is 1. The zero-order valence-electron chi connectivity index (χ0n) is 14.1. The Morgan fingerprint density at radius 3 is 3.00 bits per heavy atom. The van der Waals surface area contributed by atoms with Crippen LogP contribution in [0, 0.1) is 12.8 Å². The van der Waals surface area contributed by atoms with Crippen LogP contribution in [-0.4, -0.2) is 70.3 Å². The van der Waals surface area contributed by atoms with Gasteiger partial charge in [0.2, 0.25) is 0 Å². The number of thioether (sulfide) groups is 1. The van der Waals surface area contributed by atoms with Crippen LogP contribution in [0.4, 0.5) is 0 Å². The molecule has 0 bridgehead atoms. The van der Waals surface area contributed by atoms with Crippen LogP contribution in [0.5, 0.6) is 0 Å². The van der Waals surface area contributed by atoms with Gasteiger partial charge in [-0.3, -0.25) is 4.79 Å². The second-order valence-corrected chi connectivity index (χ2v) is 8.73. The van der Waals surface area contributed by atoms with E-state index < -0.39 is 0 Å². The van der Waals surface area contributed by atoms with E-state index in [2.05, 4.69) is 9.97 Å². The van der Waals surface area contributed by atoms with Crippen molar-refractivity contribution in [1.82, 2.24) is 14.9 Å². The number of imidazole rings is 1. The highest BCUT2D eigenvalue weighted by Crippen LogP contribution is 2.46. The van der Waals surface area contributed by atoms with E-state index in [1.165, 1.54) is 0 Å². The first kappa shape index (κ1) is 16.4. The minimum absolute atomic E-state index is 0.0477. The molecule has 0 aliphatic carbocycles. The molecule has 0 saturated carbocycles. The van der Waals surface area contributed by atoms with E-state index in [1.54, 1.807) is 6.33 Å². The summed E-state index contributed by atoms with van der Waals surface area (Å²) in [5.41, 5.74) is 1.40. The third kappa shape index (κ3) is 3.21. The lowest BCUT2D eigenvalue weighted by atomic mass is 9.92. The smallest absolute Gasteiger partial charge is 0.274 e. The Morgan fingerprint density at radius 1 is 1.50 bits per heavy atom. The van der Waals surface area contributed by atoms with Crippen molar-refractivity contribution in [1.29, 1.82) is 0 Å². The number of carbonyl (C=O) groups is 1. The molecule has 132 valence electrons. The van der Waals surface area contributed by atoms with Gasteiger partial charge in [-0.2, -0.15) is 0 Å². The number of aromatic amines is 1. The number of rotatable bonds is 4. The van der Waals surface area contributed by atoms with Crippen LogP contribution >= 0.6 is 11.8 Å². The third-order valence-electron chi connectivity index (χ3n) is 5.36. The second kappa shape index (κ2) is 6.69. The van der Waals surface area contributed by atoms with E-state index in [9.17, 15) is 4.79 Å². The molecule has 1 atom stereocenters. The highest BCUT2D eigenvalue weighted by molar-refractivity contribution is 8.01. The molecule has 24 heavy (non-hydrogen) atoms. The van der Waals surface area contributed by atoms with Crippen LogP contribution < -0.4 is 0 Å². The molecule has 1 aromatic heterocycles. The minimum Gasteiger partial charge on any atom is -0.381 e. The molecule has 4 heterocycles. The van der Waals surface area contributed by atoms with E-state index in [0.717, 1.165) is 63.6 Å². The summed E-state index contributed by atoms with van der Waals surface area (Å²) in [4.78, 5) is 21.5. The van der Waals surface area contributed by atoms with E-state index >= 15 is 0 Å². The Morgan fingerprint density at radius 2 is 2.29 bits per heavy atom. The van der Waals surface area contributed by atoms with Gasteiger partial charge in [0.05, 0.1) is 17.2 Å². The van der Waals surface area contributed by atoms with Crippen molar-refractivity contribution in [3.8, 4) is 0 Å². The maximum absolute atomic E-state index is 12.5. The SMILES string of the molecule is Cc1[nH]cnc1C(=O)N1CC2(C[C@@H](OCC3CCOCC3)CS2)C1. The van der Waals surface area contributed by atoms with E-state index in [1.807, 2.05) is 23.6 Å². The Kier molecular flexibility index (Phi) is 4.58. The number of hydrogen-bond acceptors (Lipinski definition) is 5. The average Bonchev–Trinajstić information content (AvgIpc) is 3.18. The first-order valence-electron chi connectivity index (χ1n) is 8.78. The molecule has 1 aromatic rings. The standard InChI is InChI=1S/C17H25N3O3S/c1-12-15(19-11-18-12)16(21)20-9-17(10-20)6-14(8-24-17)23-7-13-2-4-22-5-3-13/h11,13-14H,2-10H2,1H3,(H,18,19)/t14-/m1/s1. The molecule has 0 unspecified atom stereocenters. The van der Waals surface area contributed by atoms with Crippen LogP contribution in [0.15, 0.2) is 6.33 Å². The Bertz CT molecular complexity index is 594. The lowest BCUT2D eigenvalue weighted by Crippen LogP contribution is -2.60. The fourth-order valence-electron chi connectivity index (χ4n) is 3.83. The van der Waals surface area contributed by atoms with Gasteiger partial charge in [0.25, 0.3) is 5.91 Å². The van der Waals surface area contributed by atoms with E-state index in [4.69, 9.17) is 9.47 Å². The van der Waals surface area contributed by atoms with Gasteiger partial charge >= 0.3 is 0 Å². The first-order valence-corrected chi connectivity index (χ1v) is 9.76. The molecule has 7 heteroatoms. The third-order valence-corrected chi connectivity index (χ3v) is 6.94. The summed E-state index contributed by atoms with van der Waals surface area (Å²) in [5.74, 6) is 1.75. The topological polar surface area (TPSA) is 67.5 Å². The molecule has 3 aliphatic rings. The number of aryl methyl sites for hydroxylation is 1. The van der Waals surface area contributed by atoms with Gasteiger partial charge in [-0.1, -0.05) is 0 Å². The fraction of sp³-hybridized carbons (Fsp3) is 0.765. The number of ether oxygens (including phenoxy) is 2. The van der Waals surface area contributed by atoms with Crippen molar-refractivity contribution in [3.05, 3.63) is 17.7 Å². The van der Waals surface area contributed by atoms with Crippen molar-refractivity contribution in [2.24, 2.45) is 5.92 Å². The fourth-order valence-corrected chi connectivity index (χ4v) is 5.38. The maximum Gasteiger partial charge on any atom is 0.274 e. The minimum atomic E-state index is 0.0477. The highest BCUT2D eigenvalue weighted by atomic mass is 32.2. The monoisotopic (exact) mass is 351 g/mol. The quantitative estimate of drug-likeness (QED) is 0.897. The number of H-pyrrole nitrogens is 1. The molecule has 3 fully saturated rings. The van der Waals surface area contributed by atoms with Gasteiger partial charge in [-0.15, -0.1) is 11.8 Å². The number of nitrogens with one attached hydrogen (secondary N) is 1. The van der Waals surface area contributed by atoms with Gasteiger partial charge in [-0.25, -0.2) is 4.98 Å². The van der Waals surface area contributed by atoms with Crippen molar-refractivity contribution >= 4 is 17.7 Å². The first-order chi connectivity index (χ1) is 11.7. The molecule has 0 radical (unpaired) electrons. The van der Waals surface area contributed by atoms with Gasteiger partial charge in [-0.05, 0) is 32.1 Å². The average molecular weight is 351 g/mol. The highest BCUT2D eigenvalue weighted by Gasteiger charge is 2.51. The molecule has 6 nitrogen and oxygen atoms in total. The zero-order chi connectivity index (χ0) is 16.6. The summed E-state index contributed by atoms with van der Waals surface area (Å²) in [6.45, 7) is 6.14. The Balaban J connectivity index is 1.24. The van der Waals surface area contributed by atoms with Crippen molar-refractivity contribution in [3.63, 3.8) is 0 Å². The molecule has 1 amide bonds. The number of amides is 1. The summed E-state index contributed by atoms with van der Waals surface area (Å²) in [5, 5.41) is 0. The molecule has 3 aliphatic heterocycles. The van der Waals surface area contributed by atoms with Crippen molar-refractivity contribution < 1.29 is 14.3 Å². The van der Waals surface area contributed by atoms with Gasteiger partial charge in [0.15, 0.2) is 0 Å². The normalized spacial score (nSPS) is 26.7. The van der Waals surface area contributed by atoms with Gasteiger partial charge < -0.3 is 19.4 Å². The summed E-state index contributed by atoms with van der Waals surface area (Å²) in [7, 11) is 0. The lowest BCUT2D eigenvalue weighted by Gasteiger charge is -2.47. The summed E-state index contributed by atoms with van der Waals surface area (Å²) in [6, 6.07) is 0. The summed E-state index contributed by atoms with van der Waals surface area (Å²) >= 11 is 1.98. The molecular formula is C17H25N3O3S. The van der Waals surface area contributed by atoms with Gasteiger partial charge in [0.1, 0.15) is 5.69 Å². The predicted octanol–water partition coefficient (Wildman–Crippen LogP) is 1.86. The van der Waals surface area contributed by atoms with Crippen molar-refractivity contribution in [2.75, 3.05) is 38.7 Å². The van der Waals surface area contributed by atoms with Crippen LogP contribution in [0.1, 0.15) is 35.4 Å². The molecule has 4 rings (SSSR count). The number of carbonyl (C=O) groups excluding carboxylic acids is 1. The molecule has 1 spiro atoms. The predicted molar refractivity (Wildman–Crippen MR) is 92.3 cm³/mol. The number of aromatic nitrogens is 2. The second-order valence-electron chi connectivity index (χ2n) is 7.25. The molecular weight excluding hydrogens is 326 g/mol. The zero-order valence-corrected chi connectivity index (χ0v) is 14.9. The van der Waals surface area contributed by atoms with E-state index in [0.29, 0.717) is 17.7 Å². The lowest BCUT2D eigenvalue weighted by molar-refractivity contribution is -0.0119. The van der Waals surface area contributed by atoms with Crippen molar-refractivity contribution in [2.45, 2.75) is 37.0 Å². The van der Waals surface area contributed by atoms with Gasteiger partial charge in [0, 0.05) is 44.4 Å².